The second kappa shape index (κ2) is 11.5. The van der Waals surface area contributed by atoms with Crippen molar-refractivity contribution >= 4 is 18.0 Å². The predicted octanol–water partition coefficient (Wildman–Crippen LogP) is 3.30. The Kier molecular flexibility index (Phi) is 8.43. The van der Waals surface area contributed by atoms with Crippen molar-refractivity contribution < 1.29 is 29.0 Å². The highest BCUT2D eigenvalue weighted by Gasteiger charge is 2.30. The van der Waals surface area contributed by atoms with Crippen LogP contribution in [0.25, 0.3) is 11.1 Å². The molecule has 0 aromatic heterocycles. The molecule has 176 valence electrons. The SMILES string of the molecule is CC[C@@H](NC(=O)OCC1c2ccccc2-c2ccccc21)C(=O)NC(CCCOC)C(=O)O. The molecule has 2 atom stereocenters. The molecule has 3 N–H and O–H groups in total. The average Bonchev–Trinajstić information content (AvgIpc) is 3.14. The molecule has 0 aliphatic heterocycles. The van der Waals surface area contributed by atoms with E-state index in [1.807, 2.05) is 36.4 Å². The number of rotatable bonds is 11. The lowest BCUT2D eigenvalue weighted by molar-refractivity contribution is -0.142. The van der Waals surface area contributed by atoms with Gasteiger partial charge in [0, 0.05) is 19.6 Å². The van der Waals surface area contributed by atoms with Crippen molar-refractivity contribution in [2.75, 3.05) is 20.3 Å². The van der Waals surface area contributed by atoms with Gasteiger partial charge in [0.2, 0.25) is 5.91 Å². The zero-order valence-corrected chi connectivity index (χ0v) is 18.9. The number of fused-ring (bicyclic) bond motifs is 3. The summed E-state index contributed by atoms with van der Waals surface area (Å²) in [6, 6.07) is 14.1. The molecule has 2 amide bonds. The Labute approximate surface area is 193 Å². The summed E-state index contributed by atoms with van der Waals surface area (Å²) >= 11 is 0. The Morgan fingerprint density at radius 2 is 1.58 bits per heavy atom. The third kappa shape index (κ3) is 5.90. The molecule has 1 unspecified atom stereocenters. The number of carbonyl (C=O) groups excluding carboxylic acids is 2. The van der Waals surface area contributed by atoms with Gasteiger partial charge in [-0.2, -0.15) is 0 Å². The lowest BCUT2D eigenvalue weighted by Crippen LogP contribution is -2.51. The monoisotopic (exact) mass is 454 g/mol. The van der Waals surface area contributed by atoms with Crippen LogP contribution in [0.2, 0.25) is 0 Å². The van der Waals surface area contributed by atoms with Crippen LogP contribution in [0.15, 0.2) is 48.5 Å². The summed E-state index contributed by atoms with van der Waals surface area (Å²) in [5.41, 5.74) is 4.44. The Morgan fingerprint density at radius 1 is 0.970 bits per heavy atom. The quantitative estimate of drug-likeness (QED) is 0.449. The third-order valence-electron chi connectivity index (χ3n) is 5.82. The van der Waals surface area contributed by atoms with Crippen LogP contribution in [-0.4, -0.2) is 55.5 Å². The maximum Gasteiger partial charge on any atom is 0.407 e. The summed E-state index contributed by atoms with van der Waals surface area (Å²) < 4.78 is 10.4. The maximum atomic E-state index is 12.6. The molecule has 1 aliphatic rings. The van der Waals surface area contributed by atoms with E-state index in [2.05, 4.69) is 22.8 Å². The van der Waals surface area contributed by atoms with Crippen molar-refractivity contribution in [3.8, 4) is 11.1 Å². The molecule has 8 nitrogen and oxygen atoms in total. The van der Waals surface area contributed by atoms with Gasteiger partial charge < -0.3 is 25.2 Å². The normalized spacial score (nSPS) is 14.0. The molecule has 1 aliphatic carbocycles. The molecule has 2 aromatic carbocycles. The van der Waals surface area contributed by atoms with Crippen molar-refractivity contribution in [3.63, 3.8) is 0 Å². The fraction of sp³-hybridized carbons (Fsp3) is 0.400. The molecule has 0 bridgehead atoms. The number of carboxylic acid groups (broad SMARTS) is 1. The van der Waals surface area contributed by atoms with E-state index >= 15 is 0 Å². The summed E-state index contributed by atoms with van der Waals surface area (Å²) in [5.74, 6) is -1.78. The van der Waals surface area contributed by atoms with Gasteiger partial charge in [-0.15, -0.1) is 0 Å². The molecule has 0 saturated heterocycles. The van der Waals surface area contributed by atoms with Gasteiger partial charge in [-0.25, -0.2) is 9.59 Å². The number of hydrogen-bond donors (Lipinski definition) is 3. The number of benzene rings is 2. The summed E-state index contributed by atoms with van der Waals surface area (Å²) in [4.78, 5) is 36.5. The molecular formula is C25H30N2O6. The Morgan fingerprint density at radius 3 is 2.12 bits per heavy atom. The number of nitrogens with one attached hydrogen (secondary N) is 2. The van der Waals surface area contributed by atoms with Gasteiger partial charge in [0.15, 0.2) is 0 Å². The van der Waals surface area contributed by atoms with E-state index < -0.39 is 30.1 Å². The van der Waals surface area contributed by atoms with Crippen molar-refractivity contribution in [3.05, 3.63) is 59.7 Å². The van der Waals surface area contributed by atoms with Gasteiger partial charge in [0.1, 0.15) is 18.7 Å². The highest BCUT2D eigenvalue weighted by atomic mass is 16.5. The highest BCUT2D eigenvalue weighted by molar-refractivity contribution is 5.89. The predicted molar refractivity (Wildman–Crippen MR) is 123 cm³/mol. The minimum Gasteiger partial charge on any atom is -0.480 e. The van der Waals surface area contributed by atoms with Crippen LogP contribution in [0.1, 0.15) is 43.2 Å². The smallest absolute Gasteiger partial charge is 0.407 e. The van der Waals surface area contributed by atoms with Crippen LogP contribution >= 0.6 is 0 Å². The third-order valence-corrected chi connectivity index (χ3v) is 5.82. The first kappa shape index (κ1) is 24.3. The molecule has 2 aromatic rings. The number of ether oxygens (including phenoxy) is 2. The first-order valence-corrected chi connectivity index (χ1v) is 11.1. The van der Waals surface area contributed by atoms with E-state index in [1.165, 1.54) is 7.11 Å². The molecule has 33 heavy (non-hydrogen) atoms. The fourth-order valence-electron chi connectivity index (χ4n) is 4.10. The lowest BCUT2D eigenvalue weighted by Gasteiger charge is -2.21. The lowest BCUT2D eigenvalue weighted by atomic mass is 9.98. The number of aliphatic carboxylic acids is 1. The Hall–Kier alpha value is -3.39. The molecule has 0 heterocycles. The number of carboxylic acids is 1. The van der Waals surface area contributed by atoms with Crippen LogP contribution in [0.3, 0.4) is 0 Å². The van der Waals surface area contributed by atoms with Crippen LogP contribution in [0, 0.1) is 0 Å². The summed E-state index contributed by atoms with van der Waals surface area (Å²) in [5, 5.41) is 14.4. The second-order valence-corrected chi connectivity index (χ2v) is 7.97. The fourth-order valence-corrected chi connectivity index (χ4v) is 4.10. The van der Waals surface area contributed by atoms with Gasteiger partial charge in [0.25, 0.3) is 0 Å². The van der Waals surface area contributed by atoms with Crippen molar-refractivity contribution in [1.29, 1.82) is 0 Å². The second-order valence-electron chi connectivity index (χ2n) is 7.97. The van der Waals surface area contributed by atoms with E-state index in [-0.39, 0.29) is 18.9 Å². The zero-order chi connectivity index (χ0) is 23.8. The number of methoxy groups -OCH3 is 1. The van der Waals surface area contributed by atoms with Gasteiger partial charge >= 0.3 is 12.1 Å². The first-order chi connectivity index (χ1) is 16.0. The largest absolute Gasteiger partial charge is 0.480 e. The van der Waals surface area contributed by atoms with Gasteiger partial charge in [0.05, 0.1) is 0 Å². The zero-order valence-electron chi connectivity index (χ0n) is 18.9. The highest BCUT2D eigenvalue weighted by Crippen LogP contribution is 2.44. The van der Waals surface area contributed by atoms with E-state index in [1.54, 1.807) is 6.92 Å². The number of carbonyl (C=O) groups is 3. The maximum absolute atomic E-state index is 12.6. The van der Waals surface area contributed by atoms with E-state index in [0.29, 0.717) is 19.4 Å². The molecule has 0 saturated carbocycles. The van der Waals surface area contributed by atoms with Crippen molar-refractivity contribution in [2.24, 2.45) is 0 Å². The molecule has 3 rings (SSSR count). The van der Waals surface area contributed by atoms with E-state index in [0.717, 1.165) is 22.3 Å². The van der Waals surface area contributed by atoms with Gasteiger partial charge in [-0.3, -0.25) is 4.79 Å². The number of alkyl carbamates (subject to hydrolysis) is 1. The summed E-state index contributed by atoms with van der Waals surface area (Å²) in [7, 11) is 1.53. The number of hydrogen-bond acceptors (Lipinski definition) is 5. The minimum absolute atomic E-state index is 0.0887. The minimum atomic E-state index is -1.13. The van der Waals surface area contributed by atoms with E-state index in [9.17, 15) is 19.5 Å². The van der Waals surface area contributed by atoms with Gasteiger partial charge in [-0.05, 0) is 41.5 Å². The molecule has 0 fully saturated rings. The van der Waals surface area contributed by atoms with E-state index in [4.69, 9.17) is 9.47 Å². The van der Waals surface area contributed by atoms with Crippen LogP contribution in [-0.2, 0) is 19.1 Å². The van der Waals surface area contributed by atoms with Crippen molar-refractivity contribution in [1.82, 2.24) is 10.6 Å². The summed E-state index contributed by atoms with van der Waals surface area (Å²) in [6.07, 6.45) is 0.297. The summed E-state index contributed by atoms with van der Waals surface area (Å²) in [6.45, 7) is 2.26. The van der Waals surface area contributed by atoms with Crippen LogP contribution in [0.4, 0.5) is 4.79 Å². The first-order valence-electron chi connectivity index (χ1n) is 11.1. The molecule has 0 radical (unpaired) electrons. The molecular weight excluding hydrogens is 424 g/mol. The Balaban J connectivity index is 1.58. The molecule has 8 heteroatoms. The topological polar surface area (TPSA) is 114 Å². The standard InChI is InChI=1S/C25H30N2O6/c1-3-21(23(28)26-22(24(29)30)13-8-14-32-2)27-25(31)33-15-20-18-11-6-4-9-16(18)17-10-5-7-12-19(17)20/h4-7,9-12,20-22H,3,8,13-15H2,1-2H3,(H,26,28)(H,27,31)(H,29,30)/t21-,22?/m1/s1. The Bertz CT molecular complexity index is 947. The molecule has 0 spiro atoms. The van der Waals surface area contributed by atoms with Crippen molar-refractivity contribution in [2.45, 2.75) is 44.2 Å². The van der Waals surface area contributed by atoms with Gasteiger partial charge in [-0.1, -0.05) is 55.5 Å². The average molecular weight is 455 g/mol. The van der Waals surface area contributed by atoms with Crippen LogP contribution in [0.5, 0.6) is 0 Å². The van der Waals surface area contributed by atoms with Crippen LogP contribution < -0.4 is 10.6 Å². The number of amides is 2.